The van der Waals surface area contributed by atoms with Gasteiger partial charge in [0, 0.05) is 5.56 Å². The zero-order valence-corrected chi connectivity index (χ0v) is 5.61. The van der Waals surface area contributed by atoms with E-state index in [1.807, 2.05) is 0 Å². The fraction of sp³-hybridized carbons (Fsp3) is 0. The van der Waals surface area contributed by atoms with E-state index in [4.69, 9.17) is 4.42 Å². The molecule has 0 aliphatic rings. The fourth-order valence-corrected chi connectivity index (χ4v) is 0.799. The van der Waals surface area contributed by atoms with E-state index in [0.29, 0.717) is 11.6 Å². The minimum absolute atomic E-state index is 0.500. The van der Waals surface area contributed by atoms with Crippen molar-refractivity contribution in [2.75, 3.05) is 0 Å². The molecule has 11 heavy (non-hydrogen) atoms. The van der Waals surface area contributed by atoms with Gasteiger partial charge in [0.1, 0.15) is 0 Å². The van der Waals surface area contributed by atoms with Crippen LogP contribution in [0.15, 0.2) is 16.7 Å². The Balaban J connectivity index is 2.53. The van der Waals surface area contributed by atoms with Crippen molar-refractivity contribution < 1.29 is 4.42 Å². The summed E-state index contributed by atoms with van der Waals surface area (Å²) in [5.41, 5.74) is 0.767. The Morgan fingerprint density at radius 2 is 2.45 bits per heavy atom. The standard InChI is InChI=1S/C6H5N4O/c1-4-2-3-11-5(4)6-7-9-10-8-6/h2-3H,1H2,(H,7,8,9,10). The molecule has 0 saturated heterocycles. The van der Waals surface area contributed by atoms with Gasteiger partial charge in [0.25, 0.3) is 0 Å². The lowest BCUT2D eigenvalue weighted by Crippen LogP contribution is -1.79. The molecule has 0 aliphatic heterocycles. The van der Waals surface area contributed by atoms with Crippen LogP contribution < -0.4 is 0 Å². The first-order chi connectivity index (χ1) is 5.38. The molecule has 5 nitrogen and oxygen atoms in total. The van der Waals surface area contributed by atoms with Gasteiger partial charge in [0.2, 0.25) is 5.82 Å². The Kier molecular flexibility index (Phi) is 1.21. The maximum absolute atomic E-state index is 5.07. The molecule has 2 aromatic rings. The largest absolute Gasteiger partial charge is 0.461 e. The second kappa shape index (κ2) is 2.19. The number of aromatic amines is 1. The molecule has 0 bridgehead atoms. The summed E-state index contributed by atoms with van der Waals surface area (Å²) < 4.78 is 5.07. The number of hydrogen-bond acceptors (Lipinski definition) is 4. The number of tetrazole rings is 1. The maximum Gasteiger partial charge on any atom is 0.215 e. The van der Waals surface area contributed by atoms with Gasteiger partial charge in [-0.3, -0.25) is 0 Å². The molecule has 0 unspecified atom stereocenters. The van der Waals surface area contributed by atoms with Crippen LogP contribution in [0.1, 0.15) is 5.56 Å². The highest BCUT2D eigenvalue weighted by atomic mass is 16.3. The van der Waals surface area contributed by atoms with Crippen LogP contribution in [0.4, 0.5) is 0 Å². The molecule has 1 N–H and O–H groups in total. The predicted octanol–water partition coefficient (Wildman–Crippen LogP) is 0.642. The zero-order valence-electron chi connectivity index (χ0n) is 5.61. The van der Waals surface area contributed by atoms with Crippen molar-refractivity contribution in [3.63, 3.8) is 0 Å². The van der Waals surface area contributed by atoms with Crippen molar-refractivity contribution in [3.05, 3.63) is 24.8 Å². The summed E-state index contributed by atoms with van der Waals surface area (Å²) in [6, 6.07) is 1.75. The van der Waals surface area contributed by atoms with E-state index >= 15 is 0 Å². The van der Waals surface area contributed by atoms with Gasteiger partial charge in [-0.2, -0.15) is 0 Å². The monoisotopic (exact) mass is 149 g/mol. The number of furan rings is 1. The van der Waals surface area contributed by atoms with Crippen LogP contribution in [-0.2, 0) is 0 Å². The second-order valence-corrected chi connectivity index (χ2v) is 2.02. The summed E-state index contributed by atoms with van der Waals surface area (Å²) in [6.07, 6.45) is 1.54. The average Bonchev–Trinajstić information content (AvgIpc) is 2.55. The average molecular weight is 149 g/mol. The molecule has 5 heteroatoms. The molecule has 2 heterocycles. The number of H-pyrrole nitrogens is 1. The SMILES string of the molecule is [CH2]c1ccoc1-c1nnn[nH]1. The quantitative estimate of drug-likeness (QED) is 0.646. The first-order valence-electron chi connectivity index (χ1n) is 3.01. The molecule has 0 amide bonds. The van der Waals surface area contributed by atoms with Gasteiger partial charge in [0.05, 0.1) is 6.26 Å². The molecule has 2 rings (SSSR count). The fourth-order valence-electron chi connectivity index (χ4n) is 0.799. The van der Waals surface area contributed by atoms with Crippen molar-refractivity contribution in [2.45, 2.75) is 0 Å². The number of hydrogen-bond donors (Lipinski definition) is 1. The molecule has 0 spiro atoms. The summed E-state index contributed by atoms with van der Waals surface area (Å²) in [7, 11) is 0. The van der Waals surface area contributed by atoms with E-state index in [1.54, 1.807) is 12.3 Å². The van der Waals surface area contributed by atoms with Crippen LogP contribution in [0.5, 0.6) is 0 Å². The zero-order chi connectivity index (χ0) is 7.68. The number of aromatic nitrogens is 4. The van der Waals surface area contributed by atoms with Gasteiger partial charge in [-0.1, -0.05) is 0 Å². The molecule has 55 valence electrons. The molecule has 0 saturated carbocycles. The summed E-state index contributed by atoms with van der Waals surface area (Å²) >= 11 is 0. The molecule has 0 aromatic carbocycles. The van der Waals surface area contributed by atoms with Crippen molar-refractivity contribution in [1.29, 1.82) is 0 Å². The summed E-state index contributed by atoms with van der Waals surface area (Å²) in [6.45, 7) is 3.73. The van der Waals surface area contributed by atoms with Gasteiger partial charge < -0.3 is 4.42 Å². The van der Waals surface area contributed by atoms with E-state index in [2.05, 4.69) is 27.5 Å². The lowest BCUT2D eigenvalue weighted by molar-refractivity contribution is 0.576. The lowest BCUT2D eigenvalue weighted by Gasteiger charge is -1.87. The Hall–Kier alpha value is -1.65. The Bertz CT molecular complexity index is 337. The van der Waals surface area contributed by atoms with Gasteiger partial charge in [-0.05, 0) is 23.4 Å². The van der Waals surface area contributed by atoms with Gasteiger partial charge in [0.15, 0.2) is 5.76 Å². The van der Waals surface area contributed by atoms with Crippen LogP contribution in [0.2, 0.25) is 0 Å². The van der Waals surface area contributed by atoms with Crippen molar-refractivity contribution >= 4 is 0 Å². The smallest absolute Gasteiger partial charge is 0.215 e. The van der Waals surface area contributed by atoms with Crippen LogP contribution >= 0.6 is 0 Å². The molecule has 0 aliphatic carbocycles. The van der Waals surface area contributed by atoms with Gasteiger partial charge in [-0.25, -0.2) is 5.10 Å². The van der Waals surface area contributed by atoms with Crippen molar-refractivity contribution in [2.24, 2.45) is 0 Å². The van der Waals surface area contributed by atoms with E-state index in [-0.39, 0.29) is 0 Å². The molecule has 1 radical (unpaired) electrons. The third kappa shape index (κ3) is 0.899. The highest BCUT2D eigenvalue weighted by Gasteiger charge is 2.07. The Morgan fingerprint density at radius 3 is 3.00 bits per heavy atom. The third-order valence-corrected chi connectivity index (χ3v) is 1.31. The van der Waals surface area contributed by atoms with Gasteiger partial charge >= 0.3 is 0 Å². The Labute approximate surface area is 62.4 Å². The molecule has 0 atom stereocenters. The lowest BCUT2D eigenvalue weighted by atomic mass is 10.3. The molecule has 0 fully saturated rings. The van der Waals surface area contributed by atoms with Crippen molar-refractivity contribution in [3.8, 4) is 11.6 Å². The molecular formula is C6H5N4O. The molecule has 2 aromatic heterocycles. The maximum atomic E-state index is 5.07. The van der Waals surface area contributed by atoms with Gasteiger partial charge in [-0.15, -0.1) is 5.10 Å². The van der Waals surface area contributed by atoms with E-state index < -0.39 is 0 Å². The first kappa shape index (κ1) is 6.09. The summed E-state index contributed by atoms with van der Waals surface area (Å²) in [5.74, 6) is 1.08. The normalized spacial score (nSPS) is 10.3. The minimum Gasteiger partial charge on any atom is -0.461 e. The summed E-state index contributed by atoms with van der Waals surface area (Å²) in [5, 5.41) is 13.1. The third-order valence-electron chi connectivity index (χ3n) is 1.31. The number of rotatable bonds is 1. The van der Waals surface area contributed by atoms with Crippen LogP contribution in [0.25, 0.3) is 11.6 Å². The van der Waals surface area contributed by atoms with E-state index in [1.165, 1.54) is 0 Å². The number of nitrogens with one attached hydrogen (secondary N) is 1. The number of nitrogens with zero attached hydrogens (tertiary/aromatic N) is 3. The van der Waals surface area contributed by atoms with E-state index in [0.717, 1.165) is 5.56 Å². The topological polar surface area (TPSA) is 67.6 Å². The first-order valence-corrected chi connectivity index (χ1v) is 3.01. The van der Waals surface area contributed by atoms with Crippen LogP contribution in [0, 0.1) is 6.92 Å². The minimum atomic E-state index is 0.500. The van der Waals surface area contributed by atoms with Crippen LogP contribution in [-0.4, -0.2) is 20.6 Å². The van der Waals surface area contributed by atoms with E-state index in [9.17, 15) is 0 Å². The second-order valence-electron chi connectivity index (χ2n) is 2.02. The summed E-state index contributed by atoms with van der Waals surface area (Å²) in [4.78, 5) is 0. The Morgan fingerprint density at radius 1 is 1.55 bits per heavy atom. The van der Waals surface area contributed by atoms with Crippen molar-refractivity contribution in [1.82, 2.24) is 20.6 Å². The highest BCUT2D eigenvalue weighted by Crippen LogP contribution is 2.18. The highest BCUT2D eigenvalue weighted by molar-refractivity contribution is 5.52. The molecular weight excluding hydrogens is 144 g/mol. The van der Waals surface area contributed by atoms with Crippen LogP contribution in [0.3, 0.4) is 0 Å². The predicted molar refractivity (Wildman–Crippen MR) is 36.3 cm³/mol.